The molecule has 10 nitrogen and oxygen atoms in total. The molecule has 1 saturated heterocycles. The van der Waals surface area contributed by atoms with Gasteiger partial charge in [0.25, 0.3) is 5.56 Å². The summed E-state index contributed by atoms with van der Waals surface area (Å²) in [4.78, 5) is 53.1. The molecule has 0 aliphatic carbocycles. The zero-order valence-corrected chi connectivity index (χ0v) is 17.6. The number of nitrogens with zero attached hydrogens (tertiary/aromatic N) is 3. The molecular formula is C19H23N3O7S. The highest BCUT2D eigenvalue weighted by atomic mass is 32.1. The number of ether oxygens (including phenoxy) is 2. The lowest BCUT2D eigenvalue weighted by atomic mass is 9.94. The summed E-state index contributed by atoms with van der Waals surface area (Å²) in [6.45, 7) is 4.79. The van der Waals surface area contributed by atoms with Gasteiger partial charge >= 0.3 is 11.7 Å². The molecule has 2 aromatic heterocycles. The Kier molecular flexibility index (Phi) is 5.28. The predicted octanol–water partition coefficient (Wildman–Crippen LogP) is 0.0194. The van der Waals surface area contributed by atoms with Crippen molar-refractivity contribution >= 4 is 33.4 Å². The number of fused-ring (bicyclic) bond motifs is 3. The summed E-state index contributed by atoms with van der Waals surface area (Å²) in [5, 5.41) is 9.53. The number of thiophene rings is 1. The first kappa shape index (κ1) is 20.8. The Morgan fingerprint density at radius 3 is 2.50 bits per heavy atom. The van der Waals surface area contributed by atoms with Gasteiger partial charge < -0.3 is 19.5 Å². The number of amides is 1. The number of carboxylic acids is 1. The fraction of sp³-hybridized carbons (Fsp3) is 0.579. The summed E-state index contributed by atoms with van der Waals surface area (Å²) in [5.74, 6) is -1.57. The first-order valence-corrected chi connectivity index (χ1v) is 10.5. The number of carboxylic acid groups (broad SMARTS) is 1. The summed E-state index contributed by atoms with van der Waals surface area (Å²) in [5.41, 5.74) is -1.16. The maximum atomic E-state index is 13.1. The van der Waals surface area contributed by atoms with E-state index in [9.17, 15) is 24.3 Å². The third-order valence-corrected chi connectivity index (χ3v) is 6.61. The Hall–Kier alpha value is -2.50. The largest absolute Gasteiger partial charge is 0.480 e. The lowest BCUT2D eigenvalue weighted by Gasteiger charge is -2.30. The summed E-state index contributed by atoms with van der Waals surface area (Å²) in [6.07, 6.45) is 0.459. The van der Waals surface area contributed by atoms with Crippen LogP contribution in [-0.2, 0) is 45.2 Å². The van der Waals surface area contributed by atoms with Gasteiger partial charge in [-0.2, -0.15) is 0 Å². The van der Waals surface area contributed by atoms with Crippen molar-refractivity contribution in [2.24, 2.45) is 0 Å². The number of morpholine rings is 1. The lowest BCUT2D eigenvalue weighted by Crippen LogP contribution is -2.46. The minimum absolute atomic E-state index is 0.265. The molecule has 1 amide bonds. The van der Waals surface area contributed by atoms with Crippen molar-refractivity contribution in [1.82, 2.24) is 14.0 Å². The third-order valence-electron chi connectivity index (χ3n) is 5.39. The van der Waals surface area contributed by atoms with E-state index in [0.29, 0.717) is 54.1 Å². The van der Waals surface area contributed by atoms with Crippen molar-refractivity contribution < 1.29 is 24.2 Å². The van der Waals surface area contributed by atoms with E-state index in [0.717, 1.165) is 10.4 Å². The summed E-state index contributed by atoms with van der Waals surface area (Å²) in [7, 11) is 0. The van der Waals surface area contributed by atoms with Gasteiger partial charge in [0, 0.05) is 24.4 Å². The van der Waals surface area contributed by atoms with Crippen molar-refractivity contribution in [3.8, 4) is 0 Å². The molecule has 0 bridgehead atoms. The number of aliphatic carboxylic acids is 1. The molecule has 0 unspecified atom stereocenters. The van der Waals surface area contributed by atoms with Gasteiger partial charge in [-0.15, -0.1) is 11.3 Å². The zero-order valence-electron chi connectivity index (χ0n) is 16.8. The Labute approximate surface area is 175 Å². The van der Waals surface area contributed by atoms with E-state index in [1.54, 1.807) is 4.90 Å². The molecule has 4 heterocycles. The average molecular weight is 437 g/mol. The highest BCUT2D eigenvalue weighted by Gasteiger charge is 2.32. The van der Waals surface area contributed by atoms with Crippen LogP contribution in [0.4, 0.5) is 0 Å². The summed E-state index contributed by atoms with van der Waals surface area (Å²) < 4.78 is 13.0. The van der Waals surface area contributed by atoms with Crippen LogP contribution in [0, 0.1) is 0 Å². The van der Waals surface area contributed by atoms with Crippen molar-refractivity contribution in [1.29, 1.82) is 0 Å². The maximum Gasteiger partial charge on any atom is 0.333 e. The summed E-state index contributed by atoms with van der Waals surface area (Å²) >= 11 is 1.25. The van der Waals surface area contributed by atoms with Crippen LogP contribution in [0.2, 0.25) is 0 Å². The van der Waals surface area contributed by atoms with Gasteiger partial charge in [-0.25, -0.2) is 9.36 Å². The molecule has 0 atom stereocenters. The molecule has 0 radical (unpaired) electrons. The minimum Gasteiger partial charge on any atom is -0.480 e. The van der Waals surface area contributed by atoms with Gasteiger partial charge in [-0.05, 0) is 19.4 Å². The maximum absolute atomic E-state index is 13.1. The summed E-state index contributed by atoms with van der Waals surface area (Å²) in [6, 6.07) is 0. The first-order chi connectivity index (χ1) is 14.2. The highest BCUT2D eigenvalue weighted by molar-refractivity contribution is 7.18. The second-order valence-corrected chi connectivity index (χ2v) is 9.14. The van der Waals surface area contributed by atoms with Crippen molar-refractivity contribution in [2.75, 3.05) is 26.3 Å². The highest BCUT2D eigenvalue weighted by Crippen LogP contribution is 2.37. The molecule has 4 rings (SSSR count). The number of carbonyl (C=O) groups is 2. The van der Waals surface area contributed by atoms with E-state index in [-0.39, 0.29) is 12.5 Å². The Morgan fingerprint density at radius 1 is 1.13 bits per heavy atom. The quantitative estimate of drug-likeness (QED) is 0.716. The molecular weight excluding hydrogens is 414 g/mol. The SMILES string of the molecule is CC1(C)Cc2c(sc3c2c(=O)n(CC(=O)O)c(=O)n3CC(=O)N2CCOCC2)CO1. The topological polar surface area (TPSA) is 120 Å². The Balaban J connectivity index is 1.89. The van der Waals surface area contributed by atoms with E-state index in [2.05, 4.69) is 0 Å². The second kappa shape index (κ2) is 7.64. The van der Waals surface area contributed by atoms with Crippen LogP contribution in [0.15, 0.2) is 9.59 Å². The standard InChI is InChI=1S/C19H23N3O7S/c1-19(2)7-11-12(10-29-19)30-17-15(11)16(26)21(9-14(24)25)18(27)22(17)8-13(23)20-3-5-28-6-4-20/h3-10H2,1-2H3,(H,24,25). The number of hydrogen-bond donors (Lipinski definition) is 1. The van der Waals surface area contributed by atoms with Crippen molar-refractivity contribution in [3.05, 3.63) is 31.3 Å². The van der Waals surface area contributed by atoms with Crippen molar-refractivity contribution in [3.63, 3.8) is 0 Å². The van der Waals surface area contributed by atoms with Crippen LogP contribution in [0.3, 0.4) is 0 Å². The lowest BCUT2D eigenvalue weighted by molar-refractivity contribution is -0.137. The van der Waals surface area contributed by atoms with Gasteiger partial charge in [0.1, 0.15) is 17.9 Å². The molecule has 0 aromatic carbocycles. The number of carbonyl (C=O) groups excluding carboxylic acids is 1. The molecule has 2 aromatic rings. The third kappa shape index (κ3) is 3.68. The number of aromatic nitrogens is 2. The first-order valence-electron chi connectivity index (χ1n) is 9.67. The number of rotatable bonds is 4. The molecule has 11 heteroatoms. The fourth-order valence-corrected chi connectivity index (χ4v) is 5.08. The molecule has 2 aliphatic heterocycles. The van der Waals surface area contributed by atoms with Crippen LogP contribution < -0.4 is 11.2 Å². The van der Waals surface area contributed by atoms with E-state index >= 15 is 0 Å². The second-order valence-electron chi connectivity index (χ2n) is 8.06. The predicted molar refractivity (Wildman–Crippen MR) is 108 cm³/mol. The number of hydrogen-bond acceptors (Lipinski definition) is 7. The van der Waals surface area contributed by atoms with Gasteiger partial charge in [-0.3, -0.25) is 19.0 Å². The molecule has 1 fully saturated rings. The zero-order chi connectivity index (χ0) is 21.6. The van der Waals surface area contributed by atoms with E-state index in [4.69, 9.17) is 9.47 Å². The van der Waals surface area contributed by atoms with Crippen LogP contribution >= 0.6 is 11.3 Å². The van der Waals surface area contributed by atoms with Crippen LogP contribution in [0.1, 0.15) is 24.3 Å². The van der Waals surface area contributed by atoms with Crippen LogP contribution in [0.25, 0.3) is 10.2 Å². The van der Waals surface area contributed by atoms with Crippen LogP contribution in [-0.4, -0.2) is 62.9 Å². The molecule has 0 saturated carbocycles. The average Bonchev–Trinajstić information content (AvgIpc) is 3.06. The van der Waals surface area contributed by atoms with E-state index < -0.39 is 29.4 Å². The molecule has 0 spiro atoms. The molecule has 162 valence electrons. The smallest absolute Gasteiger partial charge is 0.333 e. The normalized spacial score (nSPS) is 18.4. The van der Waals surface area contributed by atoms with E-state index in [1.165, 1.54) is 15.9 Å². The van der Waals surface area contributed by atoms with Crippen LogP contribution in [0.5, 0.6) is 0 Å². The van der Waals surface area contributed by atoms with E-state index in [1.807, 2.05) is 13.8 Å². The monoisotopic (exact) mass is 437 g/mol. The van der Waals surface area contributed by atoms with Gasteiger partial charge in [0.2, 0.25) is 5.91 Å². The van der Waals surface area contributed by atoms with Gasteiger partial charge in [0.15, 0.2) is 0 Å². The minimum atomic E-state index is -1.30. The van der Waals surface area contributed by atoms with Gasteiger partial charge in [-0.1, -0.05) is 0 Å². The molecule has 30 heavy (non-hydrogen) atoms. The molecule has 2 aliphatic rings. The van der Waals surface area contributed by atoms with Gasteiger partial charge in [0.05, 0.1) is 30.8 Å². The fourth-order valence-electron chi connectivity index (χ4n) is 3.87. The Bertz CT molecular complexity index is 1140. The van der Waals surface area contributed by atoms with Crippen molar-refractivity contribution in [2.45, 2.75) is 45.6 Å². The molecule has 1 N–H and O–H groups in total. The Morgan fingerprint density at radius 2 is 1.83 bits per heavy atom.